The Morgan fingerprint density at radius 1 is 1.15 bits per heavy atom. The number of anilines is 3. The molecular weight excluding hydrogens is 536 g/mol. The second kappa shape index (κ2) is 9.83. The topological polar surface area (TPSA) is 99.8 Å². The lowest BCUT2D eigenvalue weighted by Gasteiger charge is -2.43. The summed E-state index contributed by atoms with van der Waals surface area (Å²) in [6.07, 6.45) is 4.00. The lowest BCUT2D eigenvalue weighted by atomic mass is 10.00. The molecule has 40 heavy (non-hydrogen) atoms. The number of carbonyl (C=O) groups excluding carboxylic acids is 3. The molecule has 2 aliphatic heterocycles. The molecule has 2 aromatic heterocycles. The van der Waals surface area contributed by atoms with Gasteiger partial charge >= 0.3 is 6.03 Å². The molecule has 0 aliphatic carbocycles. The minimum absolute atomic E-state index is 0.0566. The number of likely N-dealkylation sites (tertiary alicyclic amines) is 1. The molecule has 202 valence electrons. The van der Waals surface area contributed by atoms with Crippen LogP contribution in [0, 0.1) is 11.6 Å². The number of primary amides is 1. The second-order valence-corrected chi connectivity index (χ2v) is 10.6. The number of rotatable bonds is 5. The van der Waals surface area contributed by atoms with Crippen molar-refractivity contribution in [1.82, 2.24) is 9.88 Å². The predicted octanol–water partition coefficient (Wildman–Crippen LogP) is 5.60. The van der Waals surface area contributed by atoms with E-state index in [9.17, 15) is 23.2 Å². The van der Waals surface area contributed by atoms with Crippen LogP contribution < -0.4 is 15.5 Å². The predicted molar refractivity (Wildman–Crippen MR) is 150 cm³/mol. The highest BCUT2D eigenvalue weighted by molar-refractivity contribution is 7.21. The highest BCUT2D eigenvalue weighted by Crippen LogP contribution is 2.49. The molecule has 0 saturated carbocycles. The molecular formula is C29H23F2N5O3S. The molecule has 2 aromatic carbocycles. The van der Waals surface area contributed by atoms with E-state index in [0.29, 0.717) is 52.2 Å². The number of carbonyl (C=O) groups is 3. The molecule has 4 heterocycles. The number of thiophene rings is 1. The highest BCUT2D eigenvalue weighted by Gasteiger charge is 2.42. The molecule has 6 rings (SSSR count). The fourth-order valence-corrected chi connectivity index (χ4v) is 6.51. The third-order valence-corrected chi connectivity index (χ3v) is 8.36. The van der Waals surface area contributed by atoms with Crippen LogP contribution in [-0.4, -0.2) is 46.9 Å². The van der Waals surface area contributed by atoms with Crippen molar-refractivity contribution in [2.24, 2.45) is 5.73 Å². The van der Waals surface area contributed by atoms with Crippen LogP contribution in [0.5, 0.6) is 0 Å². The maximum Gasteiger partial charge on any atom is 0.333 e. The largest absolute Gasteiger partial charge is 0.365 e. The molecule has 4 aromatic rings. The molecule has 1 fully saturated rings. The van der Waals surface area contributed by atoms with Crippen molar-refractivity contribution < 1.29 is 23.2 Å². The Bertz CT molecular complexity index is 1720. The van der Waals surface area contributed by atoms with Gasteiger partial charge in [-0.05, 0) is 48.7 Å². The van der Waals surface area contributed by atoms with Crippen molar-refractivity contribution in [3.8, 4) is 11.1 Å². The lowest BCUT2D eigenvalue weighted by Crippen LogP contribution is -2.56. The van der Waals surface area contributed by atoms with Crippen LogP contribution in [0.3, 0.4) is 0 Å². The van der Waals surface area contributed by atoms with E-state index >= 15 is 0 Å². The summed E-state index contributed by atoms with van der Waals surface area (Å²) in [5.74, 6) is -2.90. The number of aromatic nitrogens is 1. The number of amides is 4. The molecule has 0 spiro atoms. The van der Waals surface area contributed by atoms with Gasteiger partial charge < -0.3 is 10.6 Å². The minimum atomic E-state index is -0.988. The number of nitrogens with zero attached hydrogens (tertiary/aromatic N) is 4. The Morgan fingerprint density at radius 3 is 2.73 bits per heavy atom. The van der Waals surface area contributed by atoms with E-state index in [1.807, 2.05) is 0 Å². The molecule has 4 amide bonds. The summed E-state index contributed by atoms with van der Waals surface area (Å²) in [6.45, 7) is 4.34. The monoisotopic (exact) mass is 559 g/mol. The van der Waals surface area contributed by atoms with E-state index in [1.165, 1.54) is 28.0 Å². The summed E-state index contributed by atoms with van der Waals surface area (Å²) in [6, 6.07) is 11.3. The Kier molecular flexibility index (Phi) is 6.30. The molecule has 1 atom stereocenters. The van der Waals surface area contributed by atoms with Crippen LogP contribution in [0.1, 0.15) is 22.5 Å². The average Bonchev–Trinajstić information content (AvgIpc) is 3.35. The van der Waals surface area contributed by atoms with Gasteiger partial charge in [0.1, 0.15) is 9.71 Å². The number of piperidine rings is 1. The molecule has 2 N–H and O–H groups in total. The van der Waals surface area contributed by atoms with E-state index in [-0.39, 0.29) is 22.9 Å². The van der Waals surface area contributed by atoms with Gasteiger partial charge in [0.2, 0.25) is 5.91 Å². The summed E-state index contributed by atoms with van der Waals surface area (Å²) in [5.41, 5.74) is 7.48. The van der Waals surface area contributed by atoms with E-state index in [1.54, 1.807) is 41.4 Å². The summed E-state index contributed by atoms with van der Waals surface area (Å²) in [4.78, 5) is 49.2. The van der Waals surface area contributed by atoms with E-state index in [0.717, 1.165) is 17.4 Å². The van der Waals surface area contributed by atoms with Gasteiger partial charge in [0.25, 0.3) is 5.91 Å². The van der Waals surface area contributed by atoms with Crippen LogP contribution in [0.25, 0.3) is 21.3 Å². The molecule has 11 heteroatoms. The number of benzene rings is 2. The molecule has 0 radical (unpaired) electrons. The van der Waals surface area contributed by atoms with Crippen molar-refractivity contribution in [3.63, 3.8) is 0 Å². The zero-order valence-electron chi connectivity index (χ0n) is 21.1. The molecule has 1 saturated heterocycles. The number of urea groups is 1. The standard InChI is InChI=1S/C29H23F2N5O3S/c1-2-22(37)34-13-5-8-18(15-34)36-25-23-21(11-12-33-28(23)40-26(25)27(32)38)35(29(36)39)17-7-3-6-16(14-17)19-9-4-10-20(30)24(19)31/h2-4,6-7,9-12,14,18H,1,5,8,13,15H2,(H2,32,38). The first-order valence-electron chi connectivity index (χ1n) is 12.6. The van der Waals surface area contributed by atoms with Crippen LogP contribution in [0.15, 0.2) is 67.4 Å². The smallest absolute Gasteiger partial charge is 0.333 e. The van der Waals surface area contributed by atoms with Crippen molar-refractivity contribution in [2.45, 2.75) is 18.9 Å². The van der Waals surface area contributed by atoms with Crippen molar-refractivity contribution in [2.75, 3.05) is 22.9 Å². The van der Waals surface area contributed by atoms with Crippen LogP contribution in [0.2, 0.25) is 0 Å². The third-order valence-electron chi connectivity index (χ3n) is 7.26. The van der Waals surface area contributed by atoms with Gasteiger partial charge in [-0.15, -0.1) is 11.3 Å². The molecule has 8 nitrogen and oxygen atoms in total. The van der Waals surface area contributed by atoms with Gasteiger partial charge in [-0.1, -0.05) is 30.8 Å². The Hall–Kier alpha value is -4.64. The van der Waals surface area contributed by atoms with E-state index in [2.05, 4.69) is 11.6 Å². The first-order chi connectivity index (χ1) is 19.3. The maximum atomic E-state index is 14.7. The first kappa shape index (κ1) is 25.6. The zero-order valence-corrected chi connectivity index (χ0v) is 22.0. The van der Waals surface area contributed by atoms with Crippen molar-refractivity contribution in [3.05, 3.63) is 83.9 Å². The number of hydrogen-bond donors (Lipinski definition) is 1. The SMILES string of the molecule is C=CC(=O)N1CCCC(N2C(=O)N(c3cccc(-c4cccc(F)c4F)c3)c3ccnc4sc(C(N)=O)c2c34)C1. The minimum Gasteiger partial charge on any atom is -0.365 e. The Labute approximate surface area is 231 Å². The molecule has 2 aliphatic rings. The van der Waals surface area contributed by atoms with Crippen molar-refractivity contribution >= 4 is 56.5 Å². The summed E-state index contributed by atoms with van der Waals surface area (Å²) in [7, 11) is 0. The van der Waals surface area contributed by atoms with E-state index in [4.69, 9.17) is 5.73 Å². The van der Waals surface area contributed by atoms with Crippen LogP contribution in [-0.2, 0) is 4.79 Å². The van der Waals surface area contributed by atoms with Crippen LogP contribution in [0.4, 0.5) is 30.6 Å². The highest BCUT2D eigenvalue weighted by atomic mass is 32.1. The second-order valence-electron chi connectivity index (χ2n) is 9.58. The Balaban J connectivity index is 1.54. The summed E-state index contributed by atoms with van der Waals surface area (Å²) >= 11 is 1.10. The van der Waals surface area contributed by atoms with Gasteiger partial charge in [-0.3, -0.25) is 19.4 Å². The zero-order chi connectivity index (χ0) is 28.1. The van der Waals surface area contributed by atoms with Gasteiger partial charge in [0, 0.05) is 24.8 Å². The molecule has 0 bridgehead atoms. The van der Waals surface area contributed by atoms with Gasteiger partial charge in [0.05, 0.1) is 28.5 Å². The number of hydrogen-bond acceptors (Lipinski definition) is 5. The Morgan fingerprint density at radius 2 is 1.95 bits per heavy atom. The van der Waals surface area contributed by atoms with Crippen LogP contribution >= 0.6 is 11.3 Å². The summed E-state index contributed by atoms with van der Waals surface area (Å²) < 4.78 is 28.7. The first-order valence-corrected chi connectivity index (χ1v) is 13.4. The number of nitrogens with two attached hydrogens (primary N) is 1. The van der Waals surface area contributed by atoms with Crippen molar-refractivity contribution in [1.29, 1.82) is 0 Å². The van der Waals surface area contributed by atoms with E-state index < -0.39 is 29.6 Å². The average molecular weight is 560 g/mol. The number of pyridine rings is 1. The number of halogens is 2. The maximum absolute atomic E-state index is 14.7. The summed E-state index contributed by atoms with van der Waals surface area (Å²) in [5, 5.41) is 0.579. The normalized spacial score (nSPS) is 16.9. The third kappa shape index (κ3) is 4.01. The lowest BCUT2D eigenvalue weighted by molar-refractivity contribution is -0.127. The fourth-order valence-electron chi connectivity index (χ4n) is 5.50. The van der Waals surface area contributed by atoms with Gasteiger partial charge in [-0.25, -0.2) is 18.6 Å². The fraction of sp³-hybridized carbons (Fsp3) is 0.172. The van der Waals surface area contributed by atoms with Gasteiger partial charge in [0.15, 0.2) is 11.6 Å². The van der Waals surface area contributed by atoms with Gasteiger partial charge in [-0.2, -0.15) is 0 Å². The quantitative estimate of drug-likeness (QED) is 0.322. The molecule has 1 unspecified atom stereocenters.